The van der Waals surface area contributed by atoms with Gasteiger partial charge in [-0.2, -0.15) is 0 Å². The third-order valence-corrected chi connectivity index (χ3v) is 12.2. The number of hydrogen-bond acceptors (Lipinski definition) is 8. The molecule has 3 N–H and O–H groups in total. The van der Waals surface area contributed by atoms with Crippen LogP contribution in [0.1, 0.15) is 48.8 Å². The lowest BCUT2D eigenvalue weighted by Crippen LogP contribution is -2.73. The van der Waals surface area contributed by atoms with Gasteiger partial charge in [-0.25, -0.2) is 0 Å². The quantitative estimate of drug-likeness (QED) is 0.424. The molecule has 226 valence electrons. The van der Waals surface area contributed by atoms with Crippen LogP contribution in [0, 0.1) is 12.8 Å². The highest BCUT2D eigenvalue weighted by Gasteiger charge is 2.50. The molecule has 4 fully saturated rings. The Bertz CT molecular complexity index is 1100. The number of likely N-dealkylation sites (tertiary alicyclic amines) is 1. The molecule has 7 atom stereocenters. The van der Waals surface area contributed by atoms with E-state index in [2.05, 4.69) is 76.3 Å². The molecule has 0 aromatic heterocycles. The number of amides is 1. The molecule has 41 heavy (non-hydrogen) atoms. The normalized spacial score (nSPS) is 36.2. The molecule has 1 spiro atoms. The van der Waals surface area contributed by atoms with Crippen LogP contribution in [0.15, 0.2) is 30.9 Å². The number of fused-ring (bicyclic) bond motifs is 2. The van der Waals surface area contributed by atoms with Gasteiger partial charge in [0.05, 0.1) is 18.8 Å². The summed E-state index contributed by atoms with van der Waals surface area (Å²) in [6.45, 7) is 11.2. The molecule has 1 saturated carbocycles. The lowest BCUT2D eigenvalue weighted by atomic mass is 9.72. The number of nitrogens with one attached hydrogen (secondary N) is 3. The smallest absolute Gasteiger partial charge is 0.246 e. The Kier molecular flexibility index (Phi) is 9.13. The first-order valence-corrected chi connectivity index (χ1v) is 16.8. The third-order valence-electron chi connectivity index (χ3n) is 10.6. The zero-order valence-corrected chi connectivity index (χ0v) is 26.1. The van der Waals surface area contributed by atoms with Gasteiger partial charge in [0.1, 0.15) is 0 Å². The monoisotopic (exact) mass is 582 g/mol. The van der Waals surface area contributed by atoms with Gasteiger partial charge in [0.15, 0.2) is 6.35 Å². The number of carbonyl (C=O) groups excluding carboxylic acids is 1. The molecule has 0 radical (unpaired) electrons. The van der Waals surface area contributed by atoms with E-state index in [1.165, 1.54) is 55.7 Å². The summed E-state index contributed by atoms with van der Waals surface area (Å²) in [6, 6.07) is 7.86. The number of hydrogen-bond donors (Lipinski definition) is 3. The maximum Gasteiger partial charge on any atom is 0.246 e. The Hall–Kier alpha value is -1.46. The van der Waals surface area contributed by atoms with Gasteiger partial charge in [-0.05, 0) is 88.9 Å². The molecule has 4 aliphatic heterocycles. The van der Waals surface area contributed by atoms with Crippen LogP contribution in [0.3, 0.4) is 0 Å². The molecule has 0 bridgehead atoms. The first-order valence-electron chi connectivity index (χ1n) is 15.8. The second-order valence-electron chi connectivity index (χ2n) is 13.1. The van der Waals surface area contributed by atoms with E-state index in [0.717, 1.165) is 45.1 Å². The molecule has 1 amide bonds. The maximum absolute atomic E-state index is 12.6. The second-order valence-corrected chi connectivity index (χ2v) is 14.5. The van der Waals surface area contributed by atoms with E-state index in [1.54, 1.807) is 5.56 Å². The highest BCUT2D eigenvalue weighted by atomic mass is 32.2. The summed E-state index contributed by atoms with van der Waals surface area (Å²) >= 11 is 2.20. The fourth-order valence-corrected chi connectivity index (χ4v) is 9.77. The SMILES string of the molecule is C=CC(=O)N1CCN(C2NC(OCC3CCCN3C)NC3C[C@@]4(CCC32)Cc2c(C)cccc2CS4)CC1CNC. The number of rotatable bonds is 7. The molecule has 5 aliphatic rings. The van der Waals surface area contributed by atoms with Crippen LogP contribution in [0.5, 0.6) is 0 Å². The van der Waals surface area contributed by atoms with E-state index in [1.807, 2.05) is 11.9 Å². The van der Waals surface area contributed by atoms with Crippen LogP contribution in [0.2, 0.25) is 0 Å². The number of benzene rings is 1. The van der Waals surface area contributed by atoms with Gasteiger partial charge in [0, 0.05) is 54.7 Å². The Labute approximate surface area is 251 Å². The number of piperazine rings is 1. The molecule has 6 rings (SSSR count). The largest absolute Gasteiger partial charge is 0.348 e. The number of aryl methyl sites for hydroxylation is 1. The number of carbonyl (C=O) groups is 1. The van der Waals surface area contributed by atoms with Crippen LogP contribution in [0.25, 0.3) is 0 Å². The second kappa shape index (κ2) is 12.6. The Morgan fingerprint density at radius 1 is 1.24 bits per heavy atom. The molecule has 1 aromatic rings. The molecule has 1 aliphatic carbocycles. The summed E-state index contributed by atoms with van der Waals surface area (Å²) in [6.07, 6.45) is 8.79. The van der Waals surface area contributed by atoms with E-state index in [0.29, 0.717) is 18.0 Å². The molecule has 9 heteroatoms. The summed E-state index contributed by atoms with van der Waals surface area (Å²) in [5.41, 5.74) is 4.57. The predicted molar refractivity (Wildman–Crippen MR) is 167 cm³/mol. The fraction of sp³-hybridized carbons (Fsp3) is 0.719. The summed E-state index contributed by atoms with van der Waals surface area (Å²) in [4.78, 5) is 19.7. The molecule has 6 unspecified atom stereocenters. The minimum Gasteiger partial charge on any atom is -0.348 e. The predicted octanol–water partition coefficient (Wildman–Crippen LogP) is 2.52. The van der Waals surface area contributed by atoms with Crippen LogP contribution in [0.4, 0.5) is 0 Å². The zero-order valence-electron chi connectivity index (χ0n) is 25.2. The highest BCUT2D eigenvalue weighted by Crippen LogP contribution is 2.51. The van der Waals surface area contributed by atoms with E-state index in [9.17, 15) is 4.79 Å². The van der Waals surface area contributed by atoms with Crippen molar-refractivity contribution in [2.45, 2.75) is 86.6 Å². The highest BCUT2D eigenvalue weighted by molar-refractivity contribution is 8.00. The van der Waals surface area contributed by atoms with Crippen molar-refractivity contribution in [1.82, 2.24) is 30.7 Å². The molecule has 1 aromatic carbocycles. The van der Waals surface area contributed by atoms with E-state index < -0.39 is 0 Å². The van der Waals surface area contributed by atoms with Crippen molar-refractivity contribution < 1.29 is 9.53 Å². The van der Waals surface area contributed by atoms with Crippen molar-refractivity contribution in [3.63, 3.8) is 0 Å². The van der Waals surface area contributed by atoms with Gasteiger partial charge < -0.3 is 19.9 Å². The van der Waals surface area contributed by atoms with Gasteiger partial charge in [-0.15, -0.1) is 11.8 Å². The summed E-state index contributed by atoms with van der Waals surface area (Å²) in [7, 11) is 4.19. The van der Waals surface area contributed by atoms with Crippen LogP contribution in [-0.4, -0.2) is 109 Å². The van der Waals surface area contributed by atoms with Crippen molar-refractivity contribution in [3.8, 4) is 0 Å². The lowest BCUT2D eigenvalue weighted by Gasteiger charge is -2.56. The van der Waals surface area contributed by atoms with Gasteiger partial charge in [0.25, 0.3) is 0 Å². The van der Waals surface area contributed by atoms with Crippen molar-refractivity contribution in [2.75, 3.05) is 53.4 Å². The minimum atomic E-state index is -0.163. The molecular formula is C32H50N6O2S. The Morgan fingerprint density at radius 2 is 2.12 bits per heavy atom. The van der Waals surface area contributed by atoms with E-state index >= 15 is 0 Å². The standard InChI is InChI=1S/C32H50N6O2S/c1-5-29(39)38-15-14-37(19-25(38)18-33-3)30-26-11-12-32(16-27-22(2)8-6-9-23(27)21-41-32)17-28(26)34-31(35-30)40-20-24-10-7-13-36(24)4/h5-6,8-9,24-26,28,30-31,33-35H,1,7,10-21H2,2-4H3/t24?,25?,26?,28?,30?,31?,32-/m1/s1. The first-order chi connectivity index (χ1) is 19.9. The minimum absolute atomic E-state index is 0.0347. The Morgan fingerprint density at radius 3 is 2.90 bits per heavy atom. The average molecular weight is 583 g/mol. The molecule has 3 saturated heterocycles. The van der Waals surface area contributed by atoms with Crippen LogP contribution >= 0.6 is 11.8 Å². The maximum atomic E-state index is 12.6. The first kappa shape index (κ1) is 29.6. The third kappa shape index (κ3) is 6.14. The average Bonchev–Trinajstić information content (AvgIpc) is 3.40. The molecular weight excluding hydrogens is 532 g/mol. The van der Waals surface area contributed by atoms with Crippen LogP contribution in [-0.2, 0) is 21.7 Å². The molecule has 8 nitrogen and oxygen atoms in total. The van der Waals surface area contributed by atoms with Gasteiger partial charge in [-0.1, -0.05) is 24.8 Å². The van der Waals surface area contributed by atoms with Crippen molar-refractivity contribution in [2.24, 2.45) is 5.92 Å². The van der Waals surface area contributed by atoms with E-state index in [4.69, 9.17) is 4.74 Å². The zero-order chi connectivity index (χ0) is 28.6. The fourth-order valence-electron chi connectivity index (χ4n) is 8.23. The number of likely N-dealkylation sites (N-methyl/N-ethyl adjacent to an activating group) is 2. The topological polar surface area (TPSA) is 72.1 Å². The summed E-state index contributed by atoms with van der Waals surface area (Å²) < 4.78 is 6.91. The Balaban J connectivity index is 1.21. The number of nitrogens with zero attached hydrogens (tertiary/aromatic N) is 3. The number of thioether (sulfide) groups is 1. The molecule has 4 heterocycles. The summed E-state index contributed by atoms with van der Waals surface area (Å²) in [5.74, 6) is 1.66. The van der Waals surface area contributed by atoms with Crippen molar-refractivity contribution >= 4 is 17.7 Å². The lowest BCUT2D eigenvalue weighted by molar-refractivity contribution is -0.135. The number of ether oxygens (including phenoxy) is 1. The van der Waals surface area contributed by atoms with Gasteiger partial charge in [-0.3, -0.25) is 20.3 Å². The van der Waals surface area contributed by atoms with Gasteiger partial charge >= 0.3 is 0 Å². The van der Waals surface area contributed by atoms with Crippen LogP contribution < -0.4 is 16.0 Å². The van der Waals surface area contributed by atoms with Gasteiger partial charge in [0.2, 0.25) is 5.91 Å². The van der Waals surface area contributed by atoms with E-state index in [-0.39, 0.29) is 29.2 Å². The summed E-state index contributed by atoms with van der Waals surface area (Å²) in [5, 5.41) is 11.2. The van der Waals surface area contributed by atoms with Crippen molar-refractivity contribution in [3.05, 3.63) is 47.5 Å². The van der Waals surface area contributed by atoms with Crippen molar-refractivity contribution in [1.29, 1.82) is 0 Å².